The molecule has 46 heavy (non-hydrogen) atoms. The molecule has 0 aromatic heterocycles. The number of ether oxygens (including phenoxy) is 1. The Morgan fingerprint density at radius 1 is 0.783 bits per heavy atom. The summed E-state index contributed by atoms with van der Waals surface area (Å²) >= 11 is 5.95. The number of ketones is 2. The fourth-order valence-electron chi connectivity index (χ4n) is 7.04. The van der Waals surface area contributed by atoms with E-state index in [1.54, 1.807) is 12.1 Å². The van der Waals surface area contributed by atoms with Crippen LogP contribution in [0.2, 0.25) is 5.02 Å². The molecular weight excluding hydrogens is 622 g/mol. The lowest BCUT2D eigenvalue weighted by Gasteiger charge is -2.49. The SMILES string of the molecule is COc1cc(C2C3=C(CC(C)(C)CC3=O)N(Cc3ccccc3)C3=C2C(=O)CC(C)(C)C3)ccc1OS(=O)(=O)c1ccc(Cl)cc1. The van der Waals surface area contributed by atoms with Crippen molar-refractivity contribution in [1.29, 1.82) is 0 Å². The molecule has 6 rings (SSSR count). The number of carbonyl (C=O) groups excluding carboxylic acids is 2. The number of rotatable bonds is 7. The minimum Gasteiger partial charge on any atom is -0.493 e. The third kappa shape index (κ3) is 6.13. The molecule has 0 spiro atoms. The summed E-state index contributed by atoms with van der Waals surface area (Å²) < 4.78 is 37.4. The van der Waals surface area contributed by atoms with Crippen molar-refractivity contribution >= 4 is 33.3 Å². The molecule has 0 saturated carbocycles. The van der Waals surface area contributed by atoms with Crippen LogP contribution in [0.3, 0.4) is 0 Å². The highest BCUT2D eigenvalue weighted by molar-refractivity contribution is 7.87. The maximum Gasteiger partial charge on any atom is 0.339 e. The molecule has 0 fully saturated rings. The van der Waals surface area contributed by atoms with Crippen molar-refractivity contribution in [1.82, 2.24) is 4.90 Å². The fraction of sp³-hybridized carbons (Fsp3) is 0.351. The Hall–Kier alpha value is -3.88. The number of hydrogen-bond donors (Lipinski definition) is 0. The van der Waals surface area contributed by atoms with Crippen LogP contribution >= 0.6 is 11.6 Å². The van der Waals surface area contributed by atoms with Crippen LogP contribution in [0.5, 0.6) is 11.5 Å². The van der Waals surface area contributed by atoms with Crippen LogP contribution in [0.25, 0.3) is 0 Å². The molecule has 0 bridgehead atoms. The predicted molar refractivity (Wildman–Crippen MR) is 177 cm³/mol. The summed E-state index contributed by atoms with van der Waals surface area (Å²) in [4.78, 5) is 30.5. The van der Waals surface area contributed by atoms with Gasteiger partial charge in [-0.1, -0.05) is 75.7 Å². The Morgan fingerprint density at radius 2 is 1.35 bits per heavy atom. The largest absolute Gasteiger partial charge is 0.493 e. The first-order valence-electron chi connectivity index (χ1n) is 15.4. The number of Topliss-reactive ketones (excluding diaryl/α,β-unsaturated/α-hetero) is 2. The number of hydrogen-bond acceptors (Lipinski definition) is 7. The van der Waals surface area contributed by atoms with E-state index in [1.165, 1.54) is 37.4 Å². The molecule has 3 aliphatic rings. The third-order valence-electron chi connectivity index (χ3n) is 9.03. The van der Waals surface area contributed by atoms with Crippen LogP contribution in [0.15, 0.2) is 100 Å². The van der Waals surface area contributed by atoms with Gasteiger partial charge >= 0.3 is 10.1 Å². The van der Waals surface area contributed by atoms with Crippen LogP contribution in [0.1, 0.15) is 70.4 Å². The van der Waals surface area contributed by atoms with E-state index in [2.05, 4.69) is 44.7 Å². The van der Waals surface area contributed by atoms with E-state index in [0.717, 1.165) is 17.0 Å². The van der Waals surface area contributed by atoms with Crippen LogP contribution < -0.4 is 8.92 Å². The molecule has 0 saturated heterocycles. The van der Waals surface area contributed by atoms with E-state index >= 15 is 0 Å². The quantitative estimate of drug-likeness (QED) is 0.237. The highest BCUT2D eigenvalue weighted by Crippen LogP contribution is 2.55. The van der Waals surface area contributed by atoms with Gasteiger partial charge in [0.1, 0.15) is 4.90 Å². The van der Waals surface area contributed by atoms with Crippen LogP contribution in [0.4, 0.5) is 0 Å². The lowest BCUT2D eigenvalue weighted by Crippen LogP contribution is -2.44. The molecule has 240 valence electrons. The van der Waals surface area contributed by atoms with Gasteiger partial charge < -0.3 is 13.8 Å². The number of nitrogens with zero attached hydrogens (tertiary/aromatic N) is 1. The third-order valence-corrected chi connectivity index (χ3v) is 10.5. The summed E-state index contributed by atoms with van der Waals surface area (Å²) in [6.45, 7) is 9.00. The summed E-state index contributed by atoms with van der Waals surface area (Å²) in [5.74, 6) is -0.400. The number of halogens is 1. The van der Waals surface area contributed by atoms with Crippen molar-refractivity contribution in [2.75, 3.05) is 7.11 Å². The molecule has 3 aromatic carbocycles. The maximum atomic E-state index is 14.2. The molecule has 0 atom stereocenters. The van der Waals surface area contributed by atoms with E-state index in [9.17, 15) is 18.0 Å². The molecule has 1 aliphatic heterocycles. The van der Waals surface area contributed by atoms with Gasteiger partial charge in [-0.05, 0) is 71.2 Å². The zero-order valence-corrected chi connectivity index (χ0v) is 28.3. The molecule has 7 nitrogen and oxygen atoms in total. The van der Waals surface area contributed by atoms with Gasteiger partial charge in [0, 0.05) is 52.9 Å². The normalized spacial score (nSPS) is 19.6. The van der Waals surface area contributed by atoms with Crippen LogP contribution in [-0.2, 0) is 26.3 Å². The predicted octanol–water partition coefficient (Wildman–Crippen LogP) is 8.00. The van der Waals surface area contributed by atoms with Crippen LogP contribution in [-0.4, -0.2) is 32.0 Å². The first-order chi connectivity index (χ1) is 21.7. The Labute approximate surface area is 276 Å². The zero-order valence-electron chi connectivity index (χ0n) is 26.7. The molecule has 0 radical (unpaired) electrons. The molecule has 9 heteroatoms. The highest BCUT2D eigenvalue weighted by atomic mass is 35.5. The summed E-state index contributed by atoms with van der Waals surface area (Å²) in [7, 11) is -2.76. The Morgan fingerprint density at radius 3 is 1.89 bits per heavy atom. The number of benzene rings is 3. The number of allylic oxidation sites excluding steroid dienone is 4. The molecule has 0 N–H and O–H groups in total. The second-order valence-corrected chi connectivity index (χ2v) is 16.0. The summed E-state index contributed by atoms with van der Waals surface area (Å²) in [5.41, 5.74) is 4.41. The summed E-state index contributed by atoms with van der Waals surface area (Å²) in [5, 5.41) is 0.402. The topological polar surface area (TPSA) is 90.0 Å². The Kier molecular flexibility index (Phi) is 8.18. The van der Waals surface area contributed by atoms with Crippen LogP contribution in [0, 0.1) is 10.8 Å². The van der Waals surface area contributed by atoms with E-state index in [0.29, 0.717) is 54.0 Å². The maximum absolute atomic E-state index is 14.2. The van der Waals surface area contributed by atoms with Gasteiger partial charge in [0.2, 0.25) is 0 Å². The number of methoxy groups -OCH3 is 1. The molecular formula is C37H38ClNO6S. The second kappa shape index (κ2) is 11.7. The fourth-order valence-corrected chi connectivity index (χ4v) is 8.10. The van der Waals surface area contributed by atoms with Gasteiger partial charge in [-0.2, -0.15) is 8.42 Å². The van der Waals surface area contributed by atoms with Gasteiger partial charge in [0.05, 0.1) is 7.11 Å². The van der Waals surface area contributed by atoms with E-state index in [4.69, 9.17) is 20.5 Å². The number of carbonyl (C=O) groups is 2. The van der Waals surface area contributed by atoms with Crippen molar-refractivity contribution in [3.05, 3.63) is 111 Å². The molecule has 2 aliphatic carbocycles. The van der Waals surface area contributed by atoms with Crippen molar-refractivity contribution in [3.8, 4) is 11.5 Å². The zero-order chi connectivity index (χ0) is 33.0. The van der Waals surface area contributed by atoms with Crippen molar-refractivity contribution < 1.29 is 26.9 Å². The second-order valence-electron chi connectivity index (χ2n) is 14.0. The molecule has 0 unspecified atom stereocenters. The Balaban J connectivity index is 1.50. The van der Waals surface area contributed by atoms with Gasteiger partial charge in [-0.25, -0.2) is 0 Å². The first kappa shape index (κ1) is 32.1. The minimum absolute atomic E-state index is 0.00155. The van der Waals surface area contributed by atoms with E-state index < -0.39 is 16.0 Å². The Bertz CT molecular complexity index is 1840. The van der Waals surface area contributed by atoms with Gasteiger partial charge in [0.25, 0.3) is 0 Å². The standard InChI is InChI=1S/C37H38ClNO6S/c1-36(2)18-27-34(29(40)20-36)33(35-28(19-37(3,4)21-30(35)41)39(27)22-23-9-7-6-8-10-23)24-11-16-31(32(17-24)44-5)45-46(42,43)26-14-12-25(38)13-15-26/h6-17,33H,18-22H2,1-5H3. The molecule has 3 aromatic rings. The van der Waals surface area contributed by atoms with E-state index in [-0.39, 0.29) is 38.8 Å². The minimum atomic E-state index is -4.19. The first-order valence-corrected chi connectivity index (χ1v) is 17.2. The summed E-state index contributed by atoms with van der Waals surface area (Å²) in [6, 6.07) is 20.8. The lowest BCUT2D eigenvalue weighted by atomic mass is 9.63. The average Bonchev–Trinajstić information content (AvgIpc) is 2.97. The average molecular weight is 660 g/mol. The van der Waals surface area contributed by atoms with Gasteiger partial charge in [-0.15, -0.1) is 0 Å². The summed E-state index contributed by atoms with van der Waals surface area (Å²) in [6.07, 6.45) is 2.09. The van der Waals surface area contributed by atoms with Crippen molar-refractivity contribution in [2.24, 2.45) is 10.8 Å². The lowest BCUT2D eigenvalue weighted by molar-refractivity contribution is -0.119. The molecule has 1 heterocycles. The van der Waals surface area contributed by atoms with E-state index in [1.807, 2.05) is 18.2 Å². The van der Waals surface area contributed by atoms with Crippen molar-refractivity contribution in [3.63, 3.8) is 0 Å². The smallest absolute Gasteiger partial charge is 0.339 e. The van der Waals surface area contributed by atoms with Crippen molar-refractivity contribution in [2.45, 2.75) is 70.7 Å². The monoisotopic (exact) mass is 659 g/mol. The van der Waals surface area contributed by atoms with Gasteiger partial charge in [-0.3, -0.25) is 9.59 Å². The molecule has 0 amide bonds. The highest BCUT2D eigenvalue weighted by Gasteiger charge is 2.49. The van der Waals surface area contributed by atoms with Gasteiger partial charge in [0.15, 0.2) is 23.1 Å².